The first-order valence-electron chi connectivity index (χ1n) is 12.4. The molecule has 1 aromatic heterocycles. The van der Waals surface area contributed by atoms with Crippen molar-refractivity contribution in [3.05, 3.63) is 102 Å². The summed E-state index contributed by atoms with van der Waals surface area (Å²) in [6, 6.07) is 17.4. The molecule has 0 aliphatic carbocycles. The van der Waals surface area contributed by atoms with E-state index in [9.17, 15) is 14.0 Å². The highest BCUT2D eigenvalue weighted by Crippen LogP contribution is 2.31. The molecule has 0 radical (unpaired) electrons. The molecule has 39 heavy (non-hydrogen) atoms. The molecule has 2 heterocycles. The second-order valence-corrected chi connectivity index (χ2v) is 8.99. The van der Waals surface area contributed by atoms with Crippen LogP contribution in [0, 0.1) is 5.82 Å². The summed E-state index contributed by atoms with van der Waals surface area (Å²) < 4.78 is 19.5. The summed E-state index contributed by atoms with van der Waals surface area (Å²) >= 11 is 0. The first kappa shape index (κ1) is 27.4. The lowest BCUT2D eigenvalue weighted by atomic mass is 9.97. The molecular formula is C30H30FN5O3. The van der Waals surface area contributed by atoms with Crippen LogP contribution in [0.25, 0.3) is 22.0 Å². The summed E-state index contributed by atoms with van der Waals surface area (Å²) in [7, 11) is 1.65. The fourth-order valence-electron chi connectivity index (χ4n) is 4.40. The number of nitrogens with two attached hydrogens (primary N) is 1. The number of amides is 1. The molecule has 1 aliphatic rings. The van der Waals surface area contributed by atoms with Crippen LogP contribution in [-0.2, 0) is 29.2 Å². The number of hydrogen-bond acceptors (Lipinski definition) is 7. The molecule has 3 N–H and O–H groups in total. The standard InChI is InChI=1S/C27H24FN5O3.C3H6/c1-30-12-24(34)36-15-19-6-8-20(28)11-21(19)16-7-9-23-22(10-16)25(32-27(29)31-23)26(35)33-13-17-4-2-3-5-18(17)14-33;1-3-2/h2-11,30H,12-15H2,1H3,(H2,29,31,32);3H,1H2,2H3. The van der Waals surface area contributed by atoms with Crippen molar-refractivity contribution in [1.29, 1.82) is 0 Å². The normalized spacial score (nSPS) is 11.9. The number of likely N-dealkylation sites (N-methyl/N-ethyl adjacent to an activating group) is 1. The molecular weight excluding hydrogens is 497 g/mol. The van der Waals surface area contributed by atoms with Gasteiger partial charge in [0.1, 0.15) is 18.1 Å². The predicted octanol–water partition coefficient (Wildman–Crippen LogP) is 4.63. The van der Waals surface area contributed by atoms with E-state index in [1.165, 1.54) is 12.1 Å². The minimum absolute atomic E-state index is 0.00167. The van der Waals surface area contributed by atoms with Crippen molar-refractivity contribution in [2.24, 2.45) is 0 Å². The van der Waals surface area contributed by atoms with Crippen LogP contribution >= 0.6 is 0 Å². The van der Waals surface area contributed by atoms with E-state index in [-0.39, 0.29) is 30.7 Å². The fourth-order valence-corrected chi connectivity index (χ4v) is 4.40. The molecule has 5 rings (SSSR count). The van der Waals surface area contributed by atoms with Gasteiger partial charge in [0.25, 0.3) is 5.91 Å². The number of halogens is 1. The predicted molar refractivity (Wildman–Crippen MR) is 149 cm³/mol. The monoisotopic (exact) mass is 527 g/mol. The highest BCUT2D eigenvalue weighted by atomic mass is 19.1. The number of hydrogen-bond donors (Lipinski definition) is 2. The van der Waals surface area contributed by atoms with Crippen LogP contribution in [0.5, 0.6) is 0 Å². The number of nitrogens with one attached hydrogen (secondary N) is 1. The van der Waals surface area contributed by atoms with Crippen LogP contribution in [0.4, 0.5) is 10.3 Å². The Morgan fingerprint density at radius 2 is 1.79 bits per heavy atom. The van der Waals surface area contributed by atoms with Gasteiger partial charge in [-0.1, -0.05) is 42.5 Å². The first-order valence-corrected chi connectivity index (χ1v) is 12.4. The summed E-state index contributed by atoms with van der Waals surface area (Å²) in [5.74, 6) is -1.12. The van der Waals surface area contributed by atoms with Gasteiger partial charge in [0.05, 0.1) is 12.1 Å². The average molecular weight is 528 g/mol. The van der Waals surface area contributed by atoms with E-state index >= 15 is 0 Å². The minimum atomic E-state index is -0.435. The molecule has 3 aromatic carbocycles. The molecule has 0 bridgehead atoms. The lowest BCUT2D eigenvalue weighted by Gasteiger charge is -2.17. The zero-order valence-corrected chi connectivity index (χ0v) is 21.9. The number of ether oxygens (including phenoxy) is 1. The summed E-state index contributed by atoms with van der Waals surface area (Å²) in [6.07, 6.45) is 1.75. The maximum Gasteiger partial charge on any atom is 0.320 e. The Balaban J connectivity index is 0.00000112. The number of carbonyl (C=O) groups is 2. The van der Waals surface area contributed by atoms with Gasteiger partial charge in [0, 0.05) is 18.5 Å². The average Bonchev–Trinajstić information content (AvgIpc) is 3.36. The van der Waals surface area contributed by atoms with Crippen LogP contribution in [0.2, 0.25) is 0 Å². The van der Waals surface area contributed by atoms with E-state index in [1.54, 1.807) is 42.3 Å². The minimum Gasteiger partial charge on any atom is -0.460 e. The molecule has 0 fully saturated rings. The second kappa shape index (κ2) is 12.3. The molecule has 0 spiro atoms. The van der Waals surface area contributed by atoms with Crippen LogP contribution in [0.15, 0.2) is 73.3 Å². The van der Waals surface area contributed by atoms with Gasteiger partial charge >= 0.3 is 5.97 Å². The van der Waals surface area contributed by atoms with E-state index in [2.05, 4.69) is 21.9 Å². The van der Waals surface area contributed by atoms with Crippen molar-refractivity contribution in [2.45, 2.75) is 26.6 Å². The largest absolute Gasteiger partial charge is 0.460 e. The van der Waals surface area contributed by atoms with Crippen molar-refractivity contribution >= 4 is 28.7 Å². The molecule has 0 saturated heterocycles. The molecule has 200 valence electrons. The van der Waals surface area contributed by atoms with Crippen LogP contribution < -0.4 is 11.1 Å². The lowest BCUT2D eigenvalue weighted by molar-refractivity contribution is -0.143. The Labute approximate surface area is 226 Å². The number of allylic oxidation sites excluding steroid dienone is 1. The smallest absolute Gasteiger partial charge is 0.320 e. The van der Waals surface area contributed by atoms with Crippen molar-refractivity contribution in [3.8, 4) is 11.1 Å². The maximum absolute atomic E-state index is 14.2. The molecule has 1 amide bonds. The summed E-state index contributed by atoms with van der Waals surface area (Å²) in [5.41, 5.74) is 10.6. The number of anilines is 1. The highest BCUT2D eigenvalue weighted by molar-refractivity contribution is 6.06. The fraction of sp³-hybridized carbons (Fsp3) is 0.200. The van der Waals surface area contributed by atoms with Crippen LogP contribution in [0.3, 0.4) is 0 Å². The zero-order chi connectivity index (χ0) is 27.9. The van der Waals surface area contributed by atoms with Gasteiger partial charge in [-0.05, 0) is 66.1 Å². The topological polar surface area (TPSA) is 110 Å². The Morgan fingerprint density at radius 3 is 2.46 bits per heavy atom. The molecule has 0 saturated carbocycles. The van der Waals surface area contributed by atoms with Crippen LogP contribution in [0.1, 0.15) is 34.1 Å². The quantitative estimate of drug-likeness (QED) is 0.278. The van der Waals surface area contributed by atoms with Crippen molar-refractivity contribution < 1.29 is 18.7 Å². The Kier molecular flexibility index (Phi) is 8.63. The molecule has 0 unspecified atom stereocenters. The molecule has 4 aromatic rings. The van der Waals surface area contributed by atoms with Gasteiger partial charge in [-0.3, -0.25) is 9.59 Å². The van der Waals surface area contributed by atoms with Crippen molar-refractivity contribution in [3.63, 3.8) is 0 Å². The first-order chi connectivity index (χ1) is 18.8. The Morgan fingerprint density at radius 1 is 1.10 bits per heavy atom. The molecule has 8 nitrogen and oxygen atoms in total. The number of nitrogens with zero attached hydrogens (tertiary/aromatic N) is 3. The van der Waals surface area contributed by atoms with E-state index in [1.807, 2.05) is 31.2 Å². The third-order valence-electron chi connectivity index (χ3n) is 6.14. The summed E-state index contributed by atoms with van der Waals surface area (Å²) in [6.45, 7) is 6.25. The number of carbonyl (C=O) groups excluding carboxylic acids is 2. The lowest BCUT2D eigenvalue weighted by Crippen LogP contribution is -2.27. The van der Waals surface area contributed by atoms with Crippen molar-refractivity contribution in [2.75, 3.05) is 19.3 Å². The third-order valence-corrected chi connectivity index (χ3v) is 6.14. The van der Waals surface area contributed by atoms with Gasteiger partial charge in [0.2, 0.25) is 5.95 Å². The summed E-state index contributed by atoms with van der Waals surface area (Å²) in [4.78, 5) is 35.7. The number of fused-ring (bicyclic) bond motifs is 2. The van der Waals surface area contributed by atoms with E-state index < -0.39 is 11.8 Å². The van der Waals surface area contributed by atoms with Crippen molar-refractivity contribution in [1.82, 2.24) is 20.2 Å². The SMILES string of the molecule is C=CC.CNCC(=O)OCc1ccc(F)cc1-c1ccc2nc(N)nc(C(=O)N3Cc4ccccc4C3)c2c1. The van der Waals surface area contributed by atoms with Gasteiger partial charge in [-0.15, -0.1) is 6.58 Å². The summed E-state index contributed by atoms with van der Waals surface area (Å²) in [5, 5.41) is 3.24. The Hall–Kier alpha value is -4.63. The van der Waals surface area contributed by atoms with Crippen LogP contribution in [-0.4, -0.2) is 40.3 Å². The molecule has 1 aliphatic heterocycles. The molecule has 9 heteroatoms. The highest BCUT2D eigenvalue weighted by Gasteiger charge is 2.27. The van der Waals surface area contributed by atoms with E-state index in [4.69, 9.17) is 10.5 Å². The van der Waals surface area contributed by atoms with Gasteiger partial charge < -0.3 is 20.7 Å². The number of aromatic nitrogens is 2. The zero-order valence-electron chi connectivity index (χ0n) is 21.9. The number of nitrogen functional groups attached to an aromatic ring is 1. The number of benzene rings is 3. The van der Waals surface area contributed by atoms with Gasteiger partial charge in [-0.2, -0.15) is 0 Å². The van der Waals surface area contributed by atoms with Gasteiger partial charge in [0.15, 0.2) is 0 Å². The van der Waals surface area contributed by atoms with E-state index in [0.717, 1.165) is 11.1 Å². The van der Waals surface area contributed by atoms with Gasteiger partial charge in [-0.25, -0.2) is 14.4 Å². The second-order valence-electron chi connectivity index (χ2n) is 8.99. The Bertz CT molecular complexity index is 1510. The molecule has 0 atom stereocenters. The maximum atomic E-state index is 14.2. The number of esters is 1. The van der Waals surface area contributed by atoms with E-state index in [0.29, 0.717) is 40.7 Å². The third kappa shape index (κ3) is 6.27. The number of rotatable bonds is 6.